The third-order valence-electron chi connectivity index (χ3n) is 2.38. The van der Waals surface area contributed by atoms with Crippen molar-refractivity contribution in [2.45, 2.75) is 26.2 Å². The number of halogens is 1. The SMILES string of the molecule is COCOc1c(Cl)cc(OC)cc1C(C)(C)C. The van der Waals surface area contributed by atoms with Gasteiger partial charge in [-0.05, 0) is 11.5 Å². The Hall–Kier alpha value is -0.930. The standard InChI is InChI=1S/C13H19ClO3/c1-13(2,3)10-6-9(16-5)7-11(14)12(10)17-8-15-4/h6-7H,8H2,1-5H3. The molecule has 0 heterocycles. The molecule has 96 valence electrons. The van der Waals surface area contributed by atoms with E-state index < -0.39 is 0 Å². The largest absolute Gasteiger partial charge is 0.497 e. The molecule has 0 saturated heterocycles. The second-order valence-electron chi connectivity index (χ2n) is 4.79. The lowest BCUT2D eigenvalue weighted by atomic mass is 9.86. The van der Waals surface area contributed by atoms with Gasteiger partial charge in [0.25, 0.3) is 0 Å². The number of hydrogen-bond acceptors (Lipinski definition) is 3. The van der Waals surface area contributed by atoms with Crippen LogP contribution in [0.5, 0.6) is 11.5 Å². The number of hydrogen-bond donors (Lipinski definition) is 0. The van der Waals surface area contributed by atoms with E-state index in [9.17, 15) is 0 Å². The first-order valence-electron chi connectivity index (χ1n) is 5.40. The van der Waals surface area contributed by atoms with Crippen LogP contribution in [0.15, 0.2) is 12.1 Å². The number of rotatable bonds is 4. The average molecular weight is 259 g/mol. The molecule has 0 radical (unpaired) electrons. The fourth-order valence-electron chi connectivity index (χ4n) is 1.51. The molecule has 0 unspecified atom stereocenters. The Balaban J connectivity index is 3.25. The molecule has 1 aromatic carbocycles. The van der Waals surface area contributed by atoms with Crippen LogP contribution in [0.4, 0.5) is 0 Å². The third-order valence-corrected chi connectivity index (χ3v) is 2.66. The van der Waals surface area contributed by atoms with Crippen LogP contribution in [0, 0.1) is 0 Å². The van der Waals surface area contributed by atoms with Crippen LogP contribution < -0.4 is 9.47 Å². The quantitative estimate of drug-likeness (QED) is 0.772. The van der Waals surface area contributed by atoms with Gasteiger partial charge in [-0.25, -0.2) is 0 Å². The van der Waals surface area contributed by atoms with Crippen LogP contribution in [-0.4, -0.2) is 21.0 Å². The van der Waals surface area contributed by atoms with Crippen molar-refractivity contribution >= 4 is 11.6 Å². The molecule has 0 aliphatic carbocycles. The lowest BCUT2D eigenvalue weighted by Crippen LogP contribution is -2.15. The molecule has 17 heavy (non-hydrogen) atoms. The summed E-state index contributed by atoms with van der Waals surface area (Å²) in [5.41, 5.74) is 0.917. The molecule has 0 aliphatic rings. The van der Waals surface area contributed by atoms with Gasteiger partial charge in [0.05, 0.1) is 12.1 Å². The Morgan fingerprint density at radius 2 is 1.82 bits per heavy atom. The van der Waals surface area contributed by atoms with E-state index in [4.69, 9.17) is 25.8 Å². The van der Waals surface area contributed by atoms with Crippen LogP contribution in [0.1, 0.15) is 26.3 Å². The molecule has 0 aliphatic heterocycles. The van der Waals surface area contributed by atoms with E-state index in [0.717, 1.165) is 11.3 Å². The van der Waals surface area contributed by atoms with Crippen molar-refractivity contribution in [2.75, 3.05) is 21.0 Å². The second-order valence-corrected chi connectivity index (χ2v) is 5.19. The van der Waals surface area contributed by atoms with Crippen molar-refractivity contribution in [1.82, 2.24) is 0 Å². The van der Waals surface area contributed by atoms with Gasteiger partial charge in [0.2, 0.25) is 0 Å². The predicted molar refractivity (Wildman–Crippen MR) is 69.2 cm³/mol. The average Bonchev–Trinajstić information content (AvgIpc) is 2.25. The number of ether oxygens (including phenoxy) is 3. The monoisotopic (exact) mass is 258 g/mol. The zero-order valence-electron chi connectivity index (χ0n) is 11.0. The van der Waals surface area contributed by atoms with Crippen molar-refractivity contribution in [3.63, 3.8) is 0 Å². The summed E-state index contributed by atoms with van der Waals surface area (Å²) in [6.07, 6.45) is 0. The van der Waals surface area contributed by atoms with Crippen LogP contribution in [0.3, 0.4) is 0 Å². The lowest BCUT2D eigenvalue weighted by molar-refractivity contribution is 0.0498. The number of methoxy groups -OCH3 is 2. The van der Waals surface area contributed by atoms with E-state index in [1.807, 2.05) is 6.07 Å². The summed E-state index contributed by atoms with van der Waals surface area (Å²) < 4.78 is 15.7. The maximum atomic E-state index is 6.19. The van der Waals surface area contributed by atoms with Crippen LogP contribution >= 0.6 is 11.6 Å². The molecule has 0 N–H and O–H groups in total. The molecular formula is C13H19ClO3. The van der Waals surface area contributed by atoms with Gasteiger partial charge in [0.1, 0.15) is 11.5 Å². The predicted octanol–water partition coefficient (Wildman–Crippen LogP) is 3.63. The number of benzene rings is 1. The van der Waals surface area contributed by atoms with Crippen molar-refractivity contribution in [3.05, 3.63) is 22.7 Å². The smallest absolute Gasteiger partial charge is 0.188 e. The Morgan fingerprint density at radius 1 is 1.18 bits per heavy atom. The minimum atomic E-state index is -0.0821. The summed E-state index contributed by atoms with van der Waals surface area (Å²) in [6, 6.07) is 3.68. The molecule has 1 aromatic rings. The van der Waals surface area contributed by atoms with Crippen molar-refractivity contribution in [3.8, 4) is 11.5 Å². The van der Waals surface area contributed by atoms with Crippen LogP contribution in [0.25, 0.3) is 0 Å². The minimum absolute atomic E-state index is 0.0821. The van der Waals surface area contributed by atoms with Crippen molar-refractivity contribution in [2.24, 2.45) is 0 Å². The highest BCUT2D eigenvalue weighted by atomic mass is 35.5. The van der Waals surface area contributed by atoms with Gasteiger partial charge in [0.15, 0.2) is 6.79 Å². The summed E-state index contributed by atoms with van der Waals surface area (Å²) in [4.78, 5) is 0. The zero-order valence-corrected chi connectivity index (χ0v) is 11.7. The molecule has 3 nitrogen and oxygen atoms in total. The summed E-state index contributed by atoms with van der Waals surface area (Å²) >= 11 is 6.19. The van der Waals surface area contributed by atoms with Gasteiger partial charge in [-0.15, -0.1) is 0 Å². The summed E-state index contributed by atoms with van der Waals surface area (Å²) in [6.45, 7) is 6.46. The second kappa shape index (κ2) is 5.61. The van der Waals surface area contributed by atoms with E-state index in [1.165, 1.54) is 0 Å². The van der Waals surface area contributed by atoms with Gasteiger partial charge in [-0.2, -0.15) is 0 Å². The molecule has 0 saturated carbocycles. The molecule has 0 spiro atoms. The van der Waals surface area contributed by atoms with E-state index >= 15 is 0 Å². The topological polar surface area (TPSA) is 27.7 Å². The third kappa shape index (κ3) is 3.51. The molecule has 0 atom stereocenters. The Labute approximate surface area is 108 Å². The van der Waals surface area contributed by atoms with Gasteiger partial charge in [-0.3, -0.25) is 0 Å². The highest BCUT2D eigenvalue weighted by molar-refractivity contribution is 6.32. The summed E-state index contributed by atoms with van der Waals surface area (Å²) in [5, 5.41) is 0.534. The highest BCUT2D eigenvalue weighted by Crippen LogP contribution is 2.40. The fraction of sp³-hybridized carbons (Fsp3) is 0.538. The molecule has 0 aromatic heterocycles. The van der Waals surface area contributed by atoms with Crippen molar-refractivity contribution in [1.29, 1.82) is 0 Å². The normalized spacial score (nSPS) is 11.4. The first-order chi connectivity index (χ1) is 7.90. The van der Waals surface area contributed by atoms with Gasteiger partial charge in [0, 0.05) is 18.7 Å². The molecule has 0 amide bonds. The summed E-state index contributed by atoms with van der Waals surface area (Å²) in [7, 11) is 3.20. The molecule has 4 heteroatoms. The first-order valence-corrected chi connectivity index (χ1v) is 5.77. The fourth-order valence-corrected chi connectivity index (χ4v) is 1.77. The van der Waals surface area contributed by atoms with E-state index in [-0.39, 0.29) is 12.2 Å². The van der Waals surface area contributed by atoms with E-state index in [0.29, 0.717) is 10.8 Å². The summed E-state index contributed by atoms with van der Waals surface area (Å²) in [5.74, 6) is 1.38. The van der Waals surface area contributed by atoms with E-state index in [2.05, 4.69) is 20.8 Å². The van der Waals surface area contributed by atoms with Crippen LogP contribution in [-0.2, 0) is 10.2 Å². The van der Waals surface area contributed by atoms with Crippen LogP contribution in [0.2, 0.25) is 5.02 Å². The first kappa shape index (κ1) is 14.1. The van der Waals surface area contributed by atoms with Gasteiger partial charge >= 0.3 is 0 Å². The molecule has 0 bridgehead atoms. The lowest BCUT2D eigenvalue weighted by Gasteiger charge is -2.24. The van der Waals surface area contributed by atoms with E-state index in [1.54, 1.807) is 20.3 Å². The molecule has 1 rings (SSSR count). The van der Waals surface area contributed by atoms with Gasteiger partial charge < -0.3 is 14.2 Å². The maximum absolute atomic E-state index is 6.19. The molecule has 0 fully saturated rings. The zero-order chi connectivity index (χ0) is 13.1. The Kier molecular flexibility index (Phi) is 4.66. The Bertz CT molecular complexity index is 383. The maximum Gasteiger partial charge on any atom is 0.188 e. The minimum Gasteiger partial charge on any atom is -0.497 e. The Morgan fingerprint density at radius 3 is 2.29 bits per heavy atom. The van der Waals surface area contributed by atoms with Gasteiger partial charge in [-0.1, -0.05) is 32.4 Å². The van der Waals surface area contributed by atoms with Crippen molar-refractivity contribution < 1.29 is 14.2 Å². The molecular weight excluding hydrogens is 240 g/mol. The highest BCUT2D eigenvalue weighted by Gasteiger charge is 2.22.